The number of pyridine rings is 1. The van der Waals surface area contributed by atoms with E-state index in [9.17, 15) is 9.59 Å². The molecule has 0 aliphatic rings. The van der Waals surface area contributed by atoms with Crippen LogP contribution >= 0.6 is 11.8 Å². The largest absolute Gasteiger partial charge is 0.353 e. The summed E-state index contributed by atoms with van der Waals surface area (Å²) < 4.78 is 1.48. The molecule has 2 heterocycles. The second kappa shape index (κ2) is 8.56. The Kier molecular flexibility index (Phi) is 6.14. The summed E-state index contributed by atoms with van der Waals surface area (Å²) in [7, 11) is 0. The third kappa shape index (κ3) is 4.42. The second-order valence-corrected chi connectivity index (χ2v) is 8.08. The Morgan fingerprint density at radius 3 is 2.61 bits per heavy atom. The van der Waals surface area contributed by atoms with Crippen LogP contribution in [0.4, 0.5) is 0 Å². The lowest BCUT2D eigenvalue weighted by atomic mass is 10.1. The van der Waals surface area contributed by atoms with Crippen molar-refractivity contribution in [2.24, 2.45) is 5.92 Å². The molecule has 1 N–H and O–H groups in total. The highest BCUT2D eigenvalue weighted by Gasteiger charge is 2.16. The predicted molar refractivity (Wildman–Crippen MR) is 113 cm³/mol. The van der Waals surface area contributed by atoms with Gasteiger partial charge in [0.15, 0.2) is 5.16 Å². The molecule has 1 amide bonds. The number of benzene rings is 1. The molecule has 0 fully saturated rings. The van der Waals surface area contributed by atoms with Gasteiger partial charge in [-0.2, -0.15) is 0 Å². The molecule has 146 valence electrons. The number of carbonyl (C=O) groups is 1. The van der Waals surface area contributed by atoms with Crippen LogP contribution in [0.1, 0.15) is 26.3 Å². The number of nitrogens with zero attached hydrogens (tertiary/aromatic N) is 3. The van der Waals surface area contributed by atoms with Crippen molar-refractivity contribution in [3.05, 3.63) is 58.5 Å². The quantitative estimate of drug-likeness (QED) is 0.511. The fourth-order valence-electron chi connectivity index (χ4n) is 2.60. The standard InChI is InChI=1S/C21H24N4O2S/c1-13(2)15(4)23-19(26)12-28-21-24-17-8-6-5-7-16(17)20(27)25(21)18-10-9-14(3)11-22-18/h5-11,13,15H,12H2,1-4H3,(H,23,26)/t15-/m1/s1. The van der Waals surface area contributed by atoms with Crippen LogP contribution in [0, 0.1) is 12.8 Å². The van der Waals surface area contributed by atoms with E-state index >= 15 is 0 Å². The van der Waals surface area contributed by atoms with E-state index in [1.807, 2.05) is 32.0 Å². The van der Waals surface area contributed by atoms with Gasteiger partial charge in [-0.15, -0.1) is 0 Å². The van der Waals surface area contributed by atoms with E-state index in [2.05, 4.69) is 29.1 Å². The minimum atomic E-state index is -0.194. The zero-order valence-corrected chi connectivity index (χ0v) is 17.3. The first-order chi connectivity index (χ1) is 13.4. The molecule has 28 heavy (non-hydrogen) atoms. The van der Waals surface area contributed by atoms with Gasteiger partial charge in [0.25, 0.3) is 5.56 Å². The van der Waals surface area contributed by atoms with Gasteiger partial charge in [0.2, 0.25) is 5.91 Å². The highest BCUT2D eigenvalue weighted by molar-refractivity contribution is 7.99. The Hall–Kier alpha value is -2.67. The van der Waals surface area contributed by atoms with Gasteiger partial charge in [0, 0.05) is 12.2 Å². The summed E-state index contributed by atoms with van der Waals surface area (Å²) >= 11 is 1.24. The number of aryl methyl sites for hydroxylation is 1. The van der Waals surface area contributed by atoms with Gasteiger partial charge in [-0.1, -0.05) is 43.8 Å². The third-order valence-corrected chi connectivity index (χ3v) is 5.53. The first-order valence-electron chi connectivity index (χ1n) is 9.24. The van der Waals surface area contributed by atoms with Crippen molar-refractivity contribution < 1.29 is 4.79 Å². The lowest BCUT2D eigenvalue weighted by Gasteiger charge is -2.17. The summed E-state index contributed by atoms with van der Waals surface area (Å²) in [4.78, 5) is 34.4. The van der Waals surface area contributed by atoms with Crippen LogP contribution in [0.5, 0.6) is 0 Å². The van der Waals surface area contributed by atoms with E-state index in [1.165, 1.54) is 16.3 Å². The fourth-order valence-corrected chi connectivity index (χ4v) is 3.41. The van der Waals surface area contributed by atoms with Crippen molar-refractivity contribution in [2.45, 2.75) is 38.9 Å². The maximum absolute atomic E-state index is 13.1. The Balaban J connectivity index is 1.98. The summed E-state index contributed by atoms with van der Waals surface area (Å²) in [5.41, 5.74) is 1.41. The number of hydrogen-bond donors (Lipinski definition) is 1. The first-order valence-corrected chi connectivity index (χ1v) is 10.2. The number of hydrogen-bond acceptors (Lipinski definition) is 5. The molecule has 0 radical (unpaired) electrons. The monoisotopic (exact) mass is 396 g/mol. The zero-order chi connectivity index (χ0) is 20.3. The second-order valence-electron chi connectivity index (χ2n) is 7.13. The van der Waals surface area contributed by atoms with Crippen LogP contribution in [0.2, 0.25) is 0 Å². The molecule has 1 atom stereocenters. The normalized spacial score (nSPS) is 12.3. The smallest absolute Gasteiger partial charge is 0.267 e. The van der Waals surface area contributed by atoms with E-state index in [0.717, 1.165) is 5.56 Å². The summed E-state index contributed by atoms with van der Waals surface area (Å²) in [6, 6.07) is 11.0. The van der Waals surface area contributed by atoms with Crippen LogP contribution < -0.4 is 10.9 Å². The number of aromatic nitrogens is 3. The van der Waals surface area contributed by atoms with Crippen molar-refractivity contribution in [1.29, 1.82) is 0 Å². The van der Waals surface area contributed by atoms with E-state index in [4.69, 9.17) is 0 Å². The SMILES string of the molecule is Cc1ccc(-n2c(SCC(=O)N[C@H](C)C(C)C)nc3ccccc3c2=O)nc1. The number of carbonyl (C=O) groups excluding carboxylic acids is 1. The summed E-state index contributed by atoms with van der Waals surface area (Å²) in [5, 5.41) is 3.95. The minimum Gasteiger partial charge on any atom is -0.353 e. The number of nitrogens with one attached hydrogen (secondary N) is 1. The average Bonchev–Trinajstić information content (AvgIpc) is 2.67. The molecule has 2 aromatic heterocycles. The molecular formula is C21H24N4O2S. The molecule has 0 unspecified atom stereocenters. The number of rotatable bonds is 6. The van der Waals surface area contributed by atoms with Gasteiger partial charge in [-0.3, -0.25) is 9.59 Å². The lowest BCUT2D eigenvalue weighted by Crippen LogP contribution is -2.37. The molecule has 0 bridgehead atoms. The van der Waals surface area contributed by atoms with Crippen molar-refractivity contribution >= 4 is 28.6 Å². The summed E-state index contributed by atoms with van der Waals surface area (Å²) in [5.74, 6) is 0.931. The molecule has 0 aliphatic carbocycles. The Morgan fingerprint density at radius 2 is 1.93 bits per heavy atom. The Labute approximate surface area is 168 Å². The van der Waals surface area contributed by atoms with Crippen molar-refractivity contribution in [2.75, 3.05) is 5.75 Å². The van der Waals surface area contributed by atoms with Gasteiger partial charge < -0.3 is 5.32 Å². The average molecular weight is 397 g/mol. The van der Waals surface area contributed by atoms with Crippen LogP contribution in [0.3, 0.4) is 0 Å². The molecule has 0 saturated carbocycles. The van der Waals surface area contributed by atoms with Crippen LogP contribution in [0.25, 0.3) is 16.7 Å². The minimum absolute atomic E-state index is 0.0821. The predicted octanol–water partition coefficient (Wildman–Crippen LogP) is 3.34. The molecule has 0 saturated heterocycles. The molecule has 0 spiro atoms. The van der Waals surface area contributed by atoms with E-state index in [0.29, 0.717) is 27.8 Å². The van der Waals surface area contributed by atoms with Crippen LogP contribution in [-0.4, -0.2) is 32.2 Å². The molecule has 0 aliphatic heterocycles. The zero-order valence-electron chi connectivity index (χ0n) is 16.5. The topological polar surface area (TPSA) is 76.9 Å². The highest BCUT2D eigenvalue weighted by atomic mass is 32.2. The number of amides is 1. The van der Waals surface area contributed by atoms with E-state index < -0.39 is 0 Å². The van der Waals surface area contributed by atoms with E-state index in [-0.39, 0.29) is 23.3 Å². The first kappa shape index (κ1) is 20.1. The van der Waals surface area contributed by atoms with Gasteiger partial charge in [-0.05, 0) is 43.5 Å². The molecule has 3 rings (SSSR count). The maximum atomic E-state index is 13.1. The Morgan fingerprint density at radius 1 is 1.18 bits per heavy atom. The number of thioether (sulfide) groups is 1. The molecule has 6 nitrogen and oxygen atoms in total. The summed E-state index contributed by atoms with van der Waals surface area (Å²) in [6.07, 6.45) is 1.71. The molecule has 3 aromatic rings. The Bertz CT molecular complexity index is 1040. The van der Waals surface area contributed by atoms with Gasteiger partial charge in [-0.25, -0.2) is 14.5 Å². The highest BCUT2D eigenvalue weighted by Crippen LogP contribution is 2.20. The van der Waals surface area contributed by atoms with Gasteiger partial charge in [0.05, 0.1) is 16.7 Å². The fraction of sp³-hybridized carbons (Fsp3) is 0.333. The van der Waals surface area contributed by atoms with Crippen LogP contribution in [-0.2, 0) is 4.79 Å². The molecular weight excluding hydrogens is 372 g/mol. The molecule has 7 heteroatoms. The van der Waals surface area contributed by atoms with E-state index in [1.54, 1.807) is 24.4 Å². The van der Waals surface area contributed by atoms with Crippen LogP contribution in [0.15, 0.2) is 52.5 Å². The van der Waals surface area contributed by atoms with Crippen molar-refractivity contribution in [3.8, 4) is 5.82 Å². The van der Waals surface area contributed by atoms with Gasteiger partial charge in [0.1, 0.15) is 5.82 Å². The lowest BCUT2D eigenvalue weighted by molar-refractivity contribution is -0.119. The summed E-state index contributed by atoms with van der Waals surface area (Å²) in [6.45, 7) is 8.04. The third-order valence-electron chi connectivity index (χ3n) is 4.59. The van der Waals surface area contributed by atoms with Gasteiger partial charge >= 0.3 is 0 Å². The maximum Gasteiger partial charge on any atom is 0.267 e. The van der Waals surface area contributed by atoms with Crippen molar-refractivity contribution in [3.63, 3.8) is 0 Å². The number of para-hydroxylation sites is 1. The molecule has 1 aromatic carbocycles. The van der Waals surface area contributed by atoms with Crippen molar-refractivity contribution in [1.82, 2.24) is 19.9 Å². The number of fused-ring (bicyclic) bond motifs is 1.